The SMILES string of the molecule is Cc1ccc(-c2nc(Cl)c(I)c(Cl)n2)c(Br)c1. The maximum absolute atomic E-state index is 5.99. The monoisotopic (exact) mass is 442 g/mol. The quantitative estimate of drug-likeness (QED) is 0.451. The second-order valence-corrected chi connectivity index (χ2v) is 6.08. The third-order valence-electron chi connectivity index (χ3n) is 2.14. The van der Waals surface area contributed by atoms with Crippen molar-refractivity contribution < 1.29 is 0 Å². The average Bonchev–Trinajstić information content (AvgIpc) is 2.25. The summed E-state index contributed by atoms with van der Waals surface area (Å²) in [5.41, 5.74) is 2.03. The second-order valence-electron chi connectivity index (χ2n) is 3.43. The molecule has 17 heavy (non-hydrogen) atoms. The van der Waals surface area contributed by atoms with Gasteiger partial charge in [-0.05, 0) is 47.2 Å². The van der Waals surface area contributed by atoms with Gasteiger partial charge in [-0.2, -0.15) is 0 Å². The van der Waals surface area contributed by atoms with Gasteiger partial charge in [0, 0.05) is 10.0 Å². The second kappa shape index (κ2) is 5.38. The van der Waals surface area contributed by atoms with Crippen molar-refractivity contribution in [3.05, 3.63) is 42.1 Å². The van der Waals surface area contributed by atoms with E-state index >= 15 is 0 Å². The third kappa shape index (κ3) is 2.92. The first-order valence-corrected chi connectivity index (χ1v) is 7.27. The summed E-state index contributed by atoms with van der Waals surface area (Å²) in [5, 5.41) is 0.737. The number of aromatic nitrogens is 2. The van der Waals surface area contributed by atoms with Gasteiger partial charge in [-0.15, -0.1) is 0 Å². The van der Waals surface area contributed by atoms with Crippen molar-refractivity contribution in [3.63, 3.8) is 0 Å². The standard InChI is InChI=1S/C11H6BrCl2IN2/c1-5-2-3-6(7(12)4-5)11-16-9(13)8(15)10(14)17-11/h2-4H,1H3. The van der Waals surface area contributed by atoms with E-state index in [2.05, 4.69) is 25.9 Å². The van der Waals surface area contributed by atoms with E-state index in [0.717, 1.165) is 15.6 Å². The smallest absolute Gasteiger partial charge is 0.163 e. The molecular formula is C11H6BrCl2IN2. The fraction of sp³-hybridized carbons (Fsp3) is 0.0909. The number of nitrogens with zero attached hydrogens (tertiary/aromatic N) is 2. The van der Waals surface area contributed by atoms with Crippen molar-refractivity contribution in [3.8, 4) is 11.4 Å². The van der Waals surface area contributed by atoms with Crippen molar-refractivity contribution in [2.75, 3.05) is 0 Å². The van der Waals surface area contributed by atoms with Crippen LogP contribution in [0.15, 0.2) is 22.7 Å². The molecule has 2 aromatic rings. The Balaban J connectivity index is 2.61. The van der Waals surface area contributed by atoms with Gasteiger partial charge >= 0.3 is 0 Å². The zero-order valence-electron chi connectivity index (χ0n) is 8.64. The van der Waals surface area contributed by atoms with Crippen LogP contribution >= 0.6 is 61.7 Å². The van der Waals surface area contributed by atoms with Gasteiger partial charge in [-0.25, -0.2) is 9.97 Å². The molecule has 0 unspecified atom stereocenters. The predicted octanol–water partition coefficient (Wildman–Crippen LogP) is 5.13. The minimum Gasteiger partial charge on any atom is -0.215 e. The Morgan fingerprint density at radius 1 is 1.18 bits per heavy atom. The van der Waals surface area contributed by atoms with Gasteiger partial charge in [-0.1, -0.05) is 45.2 Å². The van der Waals surface area contributed by atoms with Crippen LogP contribution in [0.1, 0.15) is 5.56 Å². The van der Waals surface area contributed by atoms with Gasteiger partial charge in [0.2, 0.25) is 0 Å². The van der Waals surface area contributed by atoms with E-state index in [4.69, 9.17) is 23.2 Å². The van der Waals surface area contributed by atoms with E-state index in [-0.39, 0.29) is 0 Å². The van der Waals surface area contributed by atoms with Crippen molar-refractivity contribution in [2.45, 2.75) is 6.92 Å². The highest BCUT2D eigenvalue weighted by molar-refractivity contribution is 14.1. The molecule has 0 amide bonds. The highest BCUT2D eigenvalue weighted by Gasteiger charge is 2.12. The molecule has 2 rings (SSSR count). The lowest BCUT2D eigenvalue weighted by Gasteiger charge is -2.06. The molecule has 0 bridgehead atoms. The number of hydrogen-bond donors (Lipinski definition) is 0. The molecule has 0 atom stereocenters. The zero-order valence-corrected chi connectivity index (χ0v) is 13.9. The number of benzene rings is 1. The summed E-state index contributed by atoms with van der Waals surface area (Å²) >= 11 is 17.5. The minimum absolute atomic E-state index is 0.369. The molecular weight excluding hydrogens is 438 g/mol. The van der Waals surface area contributed by atoms with Gasteiger partial charge in [0.25, 0.3) is 0 Å². The van der Waals surface area contributed by atoms with Crippen LogP contribution < -0.4 is 0 Å². The number of halogens is 4. The van der Waals surface area contributed by atoms with Gasteiger partial charge in [0.1, 0.15) is 10.3 Å². The summed E-state index contributed by atoms with van der Waals surface area (Å²) in [6.45, 7) is 2.02. The van der Waals surface area contributed by atoms with Gasteiger partial charge in [-0.3, -0.25) is 0 Å². The molecule has 88 valence electrons. The maximum atomic E-state index is 5.99. The number of rotatable bonds is 1. The molecule has 1 aromatic carbocycles. The van der Waals surface area contributed by atoms with E-state index in [0.29, 0.717) is 19.7 Å². The highest BCUT2D eigenvalue weighted by Crippen LogP contribution is 2.30. The normalized spacial score (nSPS) is 10.6. The topological polar surface area (TPSA) is 25.8 Å². The molecule has 0 saturated heterocycles. The predicted molar refractivity (Wildman–Crippen MR) is 82.6 cm³/mol. The van der Waals surface area contributed by atoms with Crippen LogP contribution in [-0.4, -0.2) is 9.97 Å². The Hall–Kier alpha value is 0.0900. The Labute approximate surface area is 131 Å². The molecule has 0 spiro atoms. The largest absolute Gasteiger partial charge is 0.215 e. The Kier molecular flexibility index (Phi) is 4.28. The van der Waals surface area contributed by atoms with Crippen molar-refractivity contribution in [1.82, 2.24) is 9.97 Å². The fourth-order valence-corrected chi connectivity index (χ4v) is 2.62. The molecule has 0 aliphatic heterocycles. The summed E-state index contributed by atoms with van der Waals surface area (Å²) in [7, 11) is 0. The van der Waals surface area contributed by atoms with Crippen LogP contribution in [0.2, 0.25) is 10.3 Å². The Morgan fingerprint density at radius 3 is 2.29 bits per heavy atom. The lowest BCUT2D eigenvalue weighted by atomic mass is 10.1. The van der Waals surface area contributed by atoms with Gasteiger partial charge < -0.3 is 0 Å². The first-order chi connectivity index (χ1) is 7.99. The summed E-state index contributed by atoms with van der Waals surface area (Å²) in [6.07, 6.45) is 0. The van der Waals surface area contributed by atoms with Crippen LogP contribution in [0.25, 0.3) is 11.4 Å². The van der Waals surface area contributed by atoms with E-state index in [1.54, 1.807) is 0 Å². The molecule has 1 heterocycles. The summed E-state index contributed by atoms with van der Waals surface area (Å²) < 4.78 is 1.59. The van der Waals surface area contributed by atoms with Crippen molar-refractivity contribution in [2.24, 2.45) is 0 Å². The summed E-state index contributed by atoms with van der Waals surface area (Å²) in [6, 6.07) is 5.93. The average molecular weight is 444 g/mol. The van der Waals surface area contributed by atoms with E-state index in [1.807, 2.05) is 47.7 Å². The minimum atomic E-state index is 0.369. The van der Waals surface area contributed by atoms with E-state index in [1.165, 1.54) is 0 Å². The zero-order chi connectivity index (χ0) is 12.6. The van der Waals surface area contributed by atoms with Crippen molar-refractivity contribution >= 4 is 61.7 Å². The van der Waals surface area contributed by atoms with Crippen LogP contribution in [0.3, 0.4) is 0 Å². The summed E-state index contributed by atoms with van der Waals surface area (Å²) in [4.78, 5) is 8.45. The van der Waals surface area contributed by atoms with Gasteiger partial charge in [0.05, 0.1) is 3.57 Å². The molecule has 2 nitrogen and oxygen atoms in total. The molecule has 0 N–H and O–H groups in total. The molecule has 0 aliphatic carbocycles. The van der Waals surface area contributed by atoms with Crippen LogP contribution in [0.4, 0.5) is 0 Å². The van der Waals surface area contributed by atoms with E-state index in [9.17, 15) is 0 Å². The number of aryl methyl sites for hydroxylation is 1. The van der Waals surface area contributed by atoms with Gasteiger partial charge in [0.15, 0.2) is 5.82 Å². The first-order valence-electron chi connectivity index (χ1n) is 4.64. The lowest BCUT2D eigenvalue weighted by Crippen LogP contribution is -1.94. The lowest BCUT2D eigenvalue weighted by molar-refractivity contribution is 1.15. The van der Waals surface area contributed by atoms with Crippen molar-refractivity contribution in [1.29, 1.82) is 0 Å². The molecule has 0 radical (unpaired) electrons. The molecule has 1 aromatic heterocycles. The fourth-order valence-electron chi connectivity index (χ4n) is 1.32. The molecule has 6 heteroatoms. The van der Waals surface area contributed by atoms with Crippen LogP contribution in [0.5, 0.6) is 0 Å². The molecule has 0 fully saturated rings. The molecule has 0 saturated carbocycles. The first kappa shape index (κ1) is 13.5. The van der Waals surface area contributed by atoms with E-state index < -0.39 is 0 Å². The summed E-state index contributed by atoms with van der Waals surface area (Å²) in [5.74, 6) is 0.521. The van der Waals surface area contributed by atoms with Crippen LogP contribution in [0, 0.1) is 10.5 Å². The Bertz CT molecular complexity index is 567. The highest BCUT2D eigenvalue weighted by atomic mass is 127. The third-order valence-corrected chi connectivity index (χ3v) is 5.00. The Morgan fingerprint density at radius 2 is 1.76 bits per heavy atom. The maximum Gasteiger partial charge on any atom is 0.163 e. The van der Waals surface area contributed by atoms with Crippen LogP contribution in [-0.2, 0) is 0 Å². The number of hydrogen-bond acceptors (Lipinski definition) is 2. The molecule has 0 aliphatic rings.